The van der Waals surface area contributed by atoms with Crippen LogP contribution in [0.1, 0.15) is 6.42 Å². The van der Waals surface area contributed by atoms with Crippen molar-refractivity contribution in [2.24, 2.45) is 0 Å². The van der Waals surface area contributed by atoms with Gasteiger partial charge in [-0.05, 0) is 20.0 Å². The summed E-state index contributed by atoms with van der Waals surface area (Å²) in [5.74, 6) is 0. The van der Waals surface area contributed by atoms with Crippen molar-refractivity contribution in [3.63, 3.8) is 0 Å². The molecular weight excluding hydrogens is 126 g/mol. The molecule has 2 saturated heterocycles. The Morgan fingerprint density at radius 2 is 2.40 bits per heavy atom. The van der Waals surface area contributed by atoms with E-state index in [9.17, 15) is 0 Å². The van der Waals surface area contributed by atoms with Crippen molar-refractivity contribution in [1.82, 2.24) is 15.5 Å². The normalized spacial score (nSPS) is 41.7. The molecule has 1 spiro atoms. The van der Waals surface area contributed by atoms with E-state index in [0.717, 1.165) is 13.2 Å². The van der Waals surface area contributed by atoms with Crippen LogP contribution >= 0.6 is 0 Å². The Hall–Kier alpha value is -0.120. The van der Waals surface area contributed by atoms with Crippen LogP contribution in [0.3, 0.4) is 0 Å². The Morgan fingerprint density at radius 3 is 2.90 bits per heavy atom. The summed E-state index contributed by atoms with van der Waals surface area (Å²) in [5.41, 5.74) is 0.425. The molecule has 1 unspecified atom stereocenters. The lowest BCUT2D eigenvalue weighted by Crippen LogP contribution is -2.44. The number of likely N-dealkylation sites (tertiary alicyclic amines) is 1. The van der Waals surface area contributed by atoms with Crippen LogP contribution in [0.25, 0.3) is 0 Å². The molecule has 3 nitrogen and oxygen atoms in total. The van der Waals surface area contributed by atoms with Gasteiger partial charge in [-0.25, -0.2) is 0 Å². The molecule has 1 atom stereocenters. The molecule has 0 amide bonds. The van der Waals surface area contributed by atoms with Gasteiger partial charge in [-0.3, -0.25) is 5.32 Å². The van der Waals surface area contributed by atoms with Gasteiger partial charge in [0.1, 0.15) is 0 Å². The lowest BCUT2D eigenvalue weighted by molar-refractivity contribution is 0.356. The standard InChI is InChI=1S/C7H15N3/c1-10-3-2-7(5-10)4-8-6-9-7/h8-9H,2-6H2,1H3. The molecule has 0 bridgehead atoms. The fourth-order valence-electron chi connectivity index (χ4n) is 1.98. The topological polar surface area (TPSA) is 27.3 Å². The molecule has 2 aliphatic rings. The summed E-state index contributed by atoms with van der Waals surface area (Å²) in [5, 5.41) is 6.85. The predicted octanol–water partition coefficient (Wildman–Crippen LogP) is -0.789. The van der Waals surface area contributed by atoms with Crippen molar-refractivity contribution in [1.29, 1.82) is 0 Å². The molecule has 10 heavy (non-hydrogen) atoms. The summed E-state index contributed by atoms with van der Waals surface area (Å²) in [4.78, 5) is 2.39. The second-order valence-electron chi connectivity index (χ2n) is 3.55. The van der Waals surface area contributed by atoms with Crippen molar-refractivity contribution < 1.29 is 0 Å². The third-order valence-corrected chi connectivity index (χ3v) is 2.60. The minimum atomic E-state index is 0.425. The van der Waals surface area contributed by atoms with E-state index in [-0.39, 0.29) is 0 Å². The van der Waals surface area contributed by atoms with E-state index in [1.807, 2.05) is 0 Å². The van der Waals surface area contributed by atoms with E-state index in [2.05, 4.69) is 22.6 Å². The van der Waals surface area contributed by atoms with Crippen molar-refractivity contribution in [2.45, 2.75) is 12.0 Å². The molecule has 0 radical (unpaired) electrons. The molecule has 2 heterocycles. The molecule has 2 aliphatic heterocycles. The molecule has 3 heteroatoms. The summed E-state index contributed by atoms with van der Waals surface area (Å²) < 4.78 is 0. The minimum Gasteiger partial charge on any atom is -0.304 e. The predicted molar refractivity (Wildman–Crippen MR) is 40.9 cm³/mol. The Balaban J connectivity index is 2.03. The smallest absolute Gasteiger partial charge is 0.0460 e. The van der Waals surface area contributed by atoms with Gasteiger partial charge in [-0.2, -0.15) is 0 Å². The van der Waals surface area contributed by atoms with Gasteiger partial charge < -0.3 is 10.2 Å². The molecule has 0 saturated carbocycles. The summed E-state index contributed by atoms with van der Waals surface area (Å²) in [6.45, 7) is 4.60. The first kappa shape index (κ1) is 6.58. The average molecular weight is 141 g/mol. The first-order valence-corrected chi connectivity index (χ1v) is 3.95. The van der Waals surface area contributed by atoms with E-state index in [0.29, 0.717) is 5.54 Å². The van der Waals surface area contributed by atoms with E-state index in [1.165, 1.54) is 19.5 Å². The van der Waals surface area contributed by atoms with Crippen LogP contribution < -0.4 is 10.6 Å². The van der Waals surface area contributed by atoms with Crippen molar-refractivity contribution >= 4 is 0 Å². The first-order chi connectivity index (χ1) is 4.81. The largest absolute Gasteiger partial charge is 0.304 e. The number of rotatable bonds is 0. The zero-order valence-electron chi connectivity index (χ0n) is 6.48. The van der Waals surface area contributed by atoms with Crippen molar-refractivity contribution in [3.8, 4) is 0 Å². The van der Waals surface area contributed by atoms with Crippen LogP contribution in [-0.2, 0) is 0 Å². The summed E-state index contributed by atoms with van der Waals surface area (Å²) in [6, 6.07) is 0. The number of hydrogen-bond donors (Lipinski definition) is 2. The SMILES string of the molecule is CN1CCC2(CNCN2)C1. The van der Waals surface area contributed by atoms with Gasteiger partial charge in [-0.1, -0.05) is 0 Å². The van der Waals surface area contributed by atoms with E-state index in [4.69, 9.17) is 0 Å². The quantitative estimate of drug-likeness (QED) is 0.463. The number of likely N-dealkylation sites (N-methyl/N-ethyl adjacent to an activating group) is 1. The molecule has 0 aromatic heterocycles. The Bertz CT molecular complexity index is 129. The number of nitrogens with zero attached hydrogens (tertiary/aromatic N) is 1. The van der Waals surface area contributed by atoms with Gasteiger partial charge >= 0.3 is 0 Å². The van der Waals surface area contributed by atoms with Crippen LogP contribution in [0.15, 0.2) is 0 Å². The number of hydrogen-bond acceptors (Lipinski definition) is 3. The zero-order valence-corrected chi connectivity index (χ0v) is 6.48. The average Bonchev–Trinajstić information content (AvgIpc) is 2.46. The van der Waals surface area contributed by atoms with Gasteiger partial charge in [0.05, 0.1) is 0 Å². The molecular formula is C7H15N3. The molecule has 2 N–H and O–H groups in total. The maximum absolute atomic E-state index is 3.51. The van der Waals surface area contributed by atoms with Crippen LogP contribution in [0.4, 0.5) is 0 Å². The molecule has 0 aliphatic carbocycles. The molecule has 2 fully saturated rings. The lowest BCUT2D eigenvalue weighted by atomic mass is 10.0. The van der Waals surface area contributed by atoms with Crippen molar-refractivity contribution in [3.05, 3.63) is 0 Å². The molecule has 58 valence electrons. The van der Waals surface area contributed by atoms with E-state index in [1.54, 1.807) is 0 Å². The van der Waals surface area contributed by atoms with Gasteiger partial charge in [0.25, 0.3) is 0 Å². The van der Waals surface area contributed by atoms with Gasteiger partial charge in [0.15, 0.2) is 0 Å². The maximum Gasteiger partial charge on any atom is 0.0460 e. The zero-order chi connectivity index (χ0) is 7.03. The molecule has 0 aromatic rings. The Kier molecular flexibility index (Phi) is 1.44. The fraction of sp³-hybridized carbons (Fsp3) is 1.00. The highest BCUT2D eigenvalue weighted by molar-refractivity contribution is 5.00. The highest BCUT2D eigenvalue weighted by Crippen LogP contribution is 2.20. The maximum atomic E-state index is 3.51. The monoisotopic (exact) mass is 141 g/mol. The van der Waals surface area contributed by atoms with Crippen LogP contribution in [0.5, 0.6) is 0 Å². The second-order valence-corrected chi connectivity index (χ2v) is 3.55. The van der Waals surface area contributed by atoms with Gasteiger partial charge in [-0.15, -0.1) is 0 Å². The van der Waals surface area contributed by atoms with E-state index < -0.39 is 0 Å². The lowest BCUT2D eigenvalue weighted by Gasteiger charge is -2.21. The highest BCUT2D eigenvalue weighted by Gasteiger charge is 2.38. The Labute approximate surface area is 61.8 Å². The summed E-state index contributed by atoms with van der Waals surface area (Å²) >= 11 is 0. The van der Waals surface area contributed by atoms with E-state index >= 15 is 0 Å². The third kappa shape index (κ3) is 0.944. The second kappa shape index (κ2) is 2.19. The third-order valence-electron chi connectivity index (χ3n) is 2.60. The Morgan fingerprint density at radius 1 is 1.50 bits per heavy atom. The van der Waals surface area contributed by atoms with Crippen LogP contribution in [0.2, 0.25) is 0 Å². The summed E-state index contributed by atoms with van der Waals surface area (Å²) in [7, 11) is 2.19. The fourth-order valence-corrected chi connectivity index (χ4v) is 1.98. The minimum absolute atomic E-state index is 0.425. The van der Waals surface area contributed by atoms with Crippen LogP contribution in [-0.4, -0.2) is 43.8 Å². The molecule has 0 aromatic carbocycles. The van der Waals surface area contributed by atoms with Crippen molar-refractivity contribution in [2.75, 3.05) is 33.4 Å². The van der Waals surface area contributed by atoms with Gasteiger partial charge in [0, 0.05) is 25.3 Å². The highest BCUT2D eigenvalue weighted by atomic mass is 15.3. The summed E-state index contributed by atoms with van der Waals surface area (Å²) in [6.07, 6.45) is 1.30. The van der Waals surface area contributed by atoms with Gasteiger partial charge in [0.2, 0.25) is 0 Å². The first-order valence-electron chi connectivity index (χ1n) is 3.95. The van der Waals surface area contributed by atoms with Crippen LogP contribution in [0, 0.1) is 0 Å². The number of nitrogens with one attached hydrogen (secondary N) is 2. The molecule has 2 rings (SSSR count).